The number of benzene rings is 1. The molecule has 0 unspecified atom stereocenters. The second kappa shape index (κ2) is 3.23. The molecule has 0 saturated carbocycles. The third-order valence-corrected chi connectivity index (χ3v) is 2.14. The minimum absolute atomic E-state index is 0.786. The smallest absolute Gasteiger partial charge is 0.137 e. The summed E-state index contributed by atoms with van der Waals surface area (Å²) < 4.78 is 5.68. The van der Waals surface area contributed by atoms with Gasteiger partial charge in [-0.05, 0) is 25.6 Å². The van der Waals surface area contributed by atoms with Crippen LogP contribution in [0.2, 0.25) is 0 Å². The Bertz CT molecular complexity index is 417. The molecule has 2 rings (SSSR count). The van der Waals surface area contributed by atoms with Crippen LogP contribution in [0.5, 0.6) is 0 Å². The van der Waals surface area contributed by atoms with Crippen LogP contribution in [0.4, 0.5) is 0 Å². The SMILES string of the molecule is CNCc1cc2cccc(C)c2o1. The molecule has 0 aliphatic heterocycles. The number of rotatable bonds is 2. The second-order valence-electron chi connectivity index (χ2n) is 3.24. The lowest BCUT2D eigenvalue weighted by molar-refractivity contribution is 0.529. The van der Waals surface area contributed by atoms with Gasteiger partial charge in [-0.3, -0.25) is 0 Å². The molecule has 1 heterocycles. The van der Waals surface area contributed by atoms with Crippen molar-refractivity contribution in [2.45, 2.75) is 13.5 Å². The predicted octanol–water partition coefficient (Wildman–Crippen LogP) is 2.46. The number of nitrogens with one attached hydrogen (secondary N) is 1. The van der Waals surface area contributed by atoms with E-state index in [4.69, 9.17) is 4.42 Å². The van der Waals surface area contributed by atoms with Crippen LogP contribution in [-0.2, 0) is 6.54 Å². The first-order valence-electron chi connectivity index (χ1n) is 4.44. The van der Waals surface area contributed by atoms with Gasteiger partial charge in [0.15, 0.2) is 0 Å². The molecular weight excluding hydrogens is 162 g/mol. The summed E-state index contributed by atoms with van der Waals surface area (Å²) in [5.41, 5.74) is 2.20. The summed E-state index contributed by atoms with van der Waals surface area (Å²) in [7, 11) is 1.92. The predicted molar refractivity (Wildman–Crippen MR) is 53.7 cm³/mol. The molecule has 1 aromatic heterocycles. The van der Waals surface area contributed by atoms with Gasteiger partial charge in [-0.1, -0.05) is 18.2 Å². The van der Waals surface area contributed by atoms with Crippen molar-refractivity contribution in [1.29, 1.82) is 0 Å². The molecule has 2 nitrogen and oxygen atoms in total. The van der Waals surface area contributed by atoms with Crippen molar-refractivity contribution in [3.05, 3.63) is 35.6 Å². The average molecular weight is 175 g/mol. The van der Waals surface area contributed by atoms with Gasteiger partial charge in [0.25, 0.3) is 0 Å². The van der Waals surface area contributed by atoms with Crippen molar-refractivity contribution in [3.63, 3.8) is 0 Å². The quantitative estimate of drug-likeness (QED) is 0.758. The molecule has 0 atom stereocenters. The first kappa shape index (κ1) is 8.32. The Morgan fingerprint density at radius 2 is 2.23 bits per heavy atom. The fraction of sp³-hybridized carbons (Fsp3) is 0.273. The van der Waals surface area contributed by atoms with E-state index in [9.17, 15) is 0 Å². The summed E-state index contributed by atoms with van der Waals surface area (Å²) >= 11 is 0. The van der Waals surface area contributed by atoms with Crippen molar-refractivity contribution < 1.29 is 4.42 Å². The zero-order chi connectivity index (χ0) is 9.26. The Labute approximate surface area is 77.6 Å². The highest BCUT2D eigenvalue weighted by Gasteiger charge is 2.03. The molecule has 2 heteroatoms. The molecule has 0 spiro atoms. The van der Waals surface area contributed by atoms with E-state index in [2.05, 4.69) is 36.5 Å². The Kier molecular flexibility index (Phi) is 2.07. The van der Waals surface area contributed by atoms with Gasteiger partial charge in [0, 0.05) is 5.39 Å². The molecular formula is C11H13NO. The van der Waals surface area contributed by atoms with Gasteiger partial charge in [0.2, 0.25) is 0 Å². The van der Waals surface area contributed by atoms with Crippen LogP contribution in [0.1, 0.15) is 11.3 Å². The van der Waals surface area contributed by atoms with Crippen LogP contribution in [0.3, 0.4) is 0 Å². The number of fused-ring (bicyclic) bond motifs is 1. The van der Waals surface area contributed by atoms with Crippen LogP contribution >= 0.6 is 0 Å². The maximum Gasteiger partial charge on any atom is 0.137 e. The highest BCUT2D eigenvalue weighted by molar-refractivity contribution is 5.80. The van der Waals surface area contributed by atoms with Gasteiger partial charge in [-0.25, -0.2) is 0 Å². The number of para-hydroxylation sites is 1. The lowest BCUT2D eigenvalue weighted by Crippen LogP contribution is -2.03. The summed E-state index contributed by atoms with van der Waals surface area (Å²) in [5.74, 6) is 0.992. The molecule has 2 aromatic rings. The maximum absolute atomic E-state index is 5.68. The molecule has 1 N–H and O–H groups in total. The first-order chi connectivity index (χ1) is 6.31. The van der Waals surface area contributed by atoms with E-state index in [0.29, 0.717) is 0 Å². The molecule has 0 bridgehead atoms. The van der Waals surface area contributed by atoms with E-state index in [1.807, 2.05) is 7.05 Å². The molecule has 0 fully saturated rings. The lowest BCUT2D eigenvalue weighted by atomic mass is 10.2. The van der Waals surface area contributed by atoms with E-state index >= 15 is 0 Å². The number of furan rings is 1. The standard InChI is InChI=1S/C11H13NO/c1-8-4-3-5-9-6-10(7-12-2)13-11(8)9/h3-6,12H,7H2,1-2H3. The van der Waals surface area contributed by atoms with Gasteiger partial charge in [-0.2, -0.15) is 0 Å². The molecule has 0 aliphatic carbocycles. The minimum atomic E-state index is 0.786. The van der Waals surface area contributed by atoms with Gasteiger partial charge in [0.1, 0.15) is 11.3 Å². The average Bonchev–Trinajstić information content (AvgIpc) is 2.49. The second-order valence-corrected chi connectivity index (χ2v) is 3.24. The third kappa shape index (κ3) is 1.45. The number of hydrogen-bond acceptors (Lipinski definition) is 2. The van der Waals surface area contributed by atoms with Crippen molar-refractivity contribution >= 4 is 11.0 Å². The fourth-order valence-corrected chi connectivity index (χ4v) is 1.52. The minimum Gasteiger partial charge on any atom is -0.459 e. The zero-order valence-electron chi connectivity index (χ0n) is 7.92. The Hall–Kier alpha value is -1.28. The van der Waals surface area contributed by atoms with E-state index in [0.717, 1.165) is 17.9 Å². The van der Waals surface area contributed by atoms with Crippen LogP contribution < -0.4 is 5.32 Å². The number of aryl methyl sites for hydroxylation is 1. The first-order valence-corrected chi connectivity index (χ1v) is 4.44. The highest BCUT2D eigenvalue weighted by Crippen LogP contribution is 2.22. The molecule has 1 aromatic carbocycles. The summed E-state index contributed by atoms with van der Waals surface area (Å²) in [4.78, 5) is 0. The lowest BCUT2D eigenvalue weighted by Gasteiger charge is -1.93. The molecule has 0 radical (unpaired) electrons. The van der Waals surface area contributed by atoms with Gasteiger partial charge >= 0.3 is 0 Å². The summed E-state index contributed by atoms with van der Waals surface area (Å²) in [6.45, 7) is 2.85. The van der Waals surface area contributed by atoms with Gasteiger partial charge in [-0.15, -0.1) is 0 Å². The summed E-state index contributed by atoms with van der Waals surface area (Å²) in [5, 5.41) is 4.26. The molecule has 68 valence electrons. The van der Waals surface area contributed by atoms with Crippen LogP contribution in [0.25, 0.3) is 11.0 Å². The molecule has 0 saturated heterocycles. The number of hydrogen-bond donors (Lipinski definition) is 1. The van der Waals surface area contributed by atoms with E-state index < -0.39 is 0 Å². The van der Waals surface area contributed by atoms with E-state index in [1.54, 1.807) is 0 Å². The van der Waals surface area contributed by atoms with Crippen LogP contribution in [0, 0.1) is 6.92 Å². The third-order valence-electron chi connectivity index (χ3n) is 2.14. The van der Waals surface area contributed by atoms with Crippen molar-refractivity contribution in [3.8, 4) is 0 Å². The van der Waals surface area contributed by atoms with Gasteiger partial charge in [0.05, 0.1) is 6.54 Å². The van der Waals surface area contributed by atoms with Crippen LogP contribution in [0.15, 0.2) is 28.7 Å². The molecule has 13 heavy (non-hydrogen) atoms. The highest BCUT2D eigenvalue weighted by atomic mass is 16.3. The van der Waals surface area contributed by atoms with Crippen molar-refractivity contribution in [1.82, 2.24) is 5.32 Å². The molecule has 0 aliphatic rings. The Morgan fingerprint density at radius 3 is 2.92 bits per heavy atom. The topological polar surface area (TPSA) is 25.2 Å². The zero-order valence-corrected chi connectivity index (χ0v) is 7.92. The normalized spacial score (nSPS) is 10.9. The van der Waals surface area contributed by atoms with Crippen molar-refractivity contribution in [2.75, 3.05) is 7.05 Å². The Balaban J connectivity index is 2.55. The summed E-state index contributed by atoms with van der Waals surface area (Å²) in [6, 6.07) is 8.27. The van der Waals surface area contributed by atoms with Gasteiger partial charge < -0.3 is 9.73 Å². The Morgan fingerprint density at radius 1 is 1.38 bits per heavy atom. The molecule has 0 amide bonds. The monoisotopic (exact) mass is 175 g/mol. The van der Waals surface area contributed by atoms with E-state index in [-0.39, 0.29) is 0 Å². The largest absolute Gasteiger partial charge is 0.459 e. The van der Waals surface area contributed by atoms with E-state index in [1.165, 1.54) is 10.9 Å². The fourth-order valence-electron chi connectivity index (χ4n) is 1.52. The summed E-state index contributed by atoms with van der Waals surface area (Å²) in [6.07, 6.45) is 0. The van der Waals surface area contributed by atoms with Crippen LogP contribution in [-0.4, -0.2) is 7.05 Å². The van der Waals surface area contributed by atoms with Crippen molar-refractivity contribution in [2.24, 2.45) is 0 Å². The maximum atomic E-state index is 5.68.